The molecule has 0 aliphatic carbocycles. The van der Waals surface area contributed by atoms with Crippen LogP contribution in [-0.2, 0) is 27.5 Å². The number of amides is 1. The number of rotatable bonds is 5. The number of hydrogen-bond donors (Lipinski definition) is 0. The summed E-state index contributed by atoms with van der Waals surface area (Å²) in [6.45, 7) is 0.882. The zero-order valence-electron chi connectivity index (χ0n) is 15.4. The van der Waals surface area contributed by atoms with Crippen LogP contribution in [0.25, 0.3) is 6.08 Å². The van der Waals surface area contributed by atoms with Crippen LogP contribution < -0.4 is 0 Å². The van der Waals surface area contributed by atoms with Crippen molar-refractivity contribution < 1.29 is 19.2 Å². The number of esters is 1. The Morgan fingerprint density at radius 3 is 2.90 bits per heavy atom. The van der Waals surface area contributed by atoms with E-state index in [0.29, 0.717) is 11.1 Å². The zero-order valence-corrected chi connectivity index (χ0v) is 17.0. The van der Waals surface area contributed by atoms with Gasteiger partial charge in [-0.1, -0.05) is 11.8 Å². The number of nitro groups is 1. The highest BCUT2D eigenvalue weighted by molar-refractivity contribution is 8.03. The molecule has 0 bridgehead atoms. The van der Waals surface area contributed by atoms with E-state index >= 15 is 0 Å². The first-order valence-corrected chi connectivity index (χ1v) is 11.0. The van der Waals surface area contributed by atoms with Crippen LogP contribution in [0.15, 0.2) is 52.3 Å². The van der Waals surface area contributed by atoms with Crippen molar-refractivity contribution in [1.29, 1.82) is 0 Å². The first-order chi connectivity index (χ1) is 14.5. The Bertz CT molecular complexity index is 1120. The summed E-state index contributed by atoms with van der Waals surface area (Å²) in [6.07, 6.45) is 3.71. The number of carbonyl (C=O) groups excluding carboxylic acids is 2. The van der Waals surface area contributed by atoms with Gasteiger partial charge in [0.1, 0.15) is 17.7 Å². The topological polar surface area (TPSA) is 108 Å². The van der Waals surface area contributed by atoms with Crippen LogP contribution in [0.3, 0.4) is 0 Å². The molecule has 1 fully saturated rings. The number of aromatic nitrogens is 2. The van der Waals surface area contributed by atoms with Crippen molar-refractivity contribution in [3.63, 3.8) is 0 Å². The molecule has 0 radical (unpaired) electrons. The van der Waals surface area contributed by atoms with Crippen LogP contribution in [0.5, 0.6) is 0 Å². The molecule has 3 aliphatic rings. The fourth-order valence-corrected chi connectivity index (χ4v) is 5.42. The maximum absolute atomic E-state index is 12.6. The van der Waals surface area contributed by atoms with Crippen LogP contribution in [0.2, 0.25) is 0 Å². The van der Waals surface area contributed by atoms with Crippen molar-refractivity contribution in [2.45, 2.75) is 23.7 Å². The summed E-state index contributed by atoms with van der Waals surface area (Å²) in [5.74, 6) is 0.178. The van der Waals surface area contributed by atoms with Crippen molar-refractivity contribution in [3.8, 4) is 0 Å². The number of β-lactam (4-membered cyclic amide) rings is 1. The number of nitrogens with zero attached hydrogens (tertiary/aromatic N) is 4. The highest BCUT2D eigenvalue weighted by atomic mass is 32.2. The molecular weight excluding hydrogens is 428 g/mol. The number of nitro benzene ring substituents is 1. The first kappa shape index (κ1) is 18.9. The highest BCUT2D eigenvalue weighted by Crippen LogP contribution is 2.45. The molecule has 30 heavy (non-hydrogen) atoms. The lowest BCUT2D eigenvalue weighted by Gasteiger charge is -2.37. The van der Waals surface area contributed by atoms with E-state index in [4.69, 9.17) is 4.74 Å². The minimum absolute atomic E-state index is 0.0325. The molecule has 0 unspecified atom stereocenters. The molecule has 1 amide bonds. The quantitative estimate of drug-likeness (QED) is 0.229. The van der Waals surface area contributed by atoms with Crippen LogP contribution in [-0.4, -0.2) is 42.4 Å². The van der Waals surface area contributed by atoms with Gasteiger partial charge < -0.3 is 9.30 Å². The highest BCUT2D eigenvalue weighted by Gasteiger charge is 2.50. The summed E-state index contributed by atoms with van der Waals surface area (Å²) in [4.78, 5) is 41.2. The molecule has 4 heterocycles. The van der Waals surface area contributed by atoms with Gasteiger partial charge >= 0.3 is 5.97 Å². The number of hydrogen-bond acceptors (Lipinski definition) is 8. The number of ether oxygens (including phenoxy) is 1. The molecule has 5 rings (SSSR count). The molecule has 9 nitrogen and oxygen atoms in total. The Kier molecular flexibility index (Phi) is 4.63. The first-order valence-electron chi connectivity index (χ1n) is 9.02. The second-order valence-corrected chi connectivity index (χ2v) is 8.77. The summed E-state index contributed by atoms with van der Waals surface area (Å²) < 4.78 is 7.35. The Morgan fingerprint density at radius 2 is 2.17 bits per heavy atom. The van der Waals surface area contributed by atoms with Gasteiger partial charge in [0, 0.05) is 36.0 Å². The Balaban J connectivity index is 1.22. The minimum Gasteiger partial charge on any atom is -0.456 e. The lowest BCUT2D eigenvalue weighted by atomic mass is 10.0. The Morgan fingerprint density at radius 1 is 1.37 bits per heavy atom. The van der Waals surface area contributed by atoms with E-state index in [1.54, 1.807) is 23.2 Å². The predicted molar refractivity (Wildman–Crippen MR) is 110 cm³/mol. The third-order valence-electron chi connectivity index (χ3n) is 4.89. The van der Waals surface area contributed by atoms with E-state index in [2.05, 4.69) is 9.55 Å². The fraction of sp³-hybridized carbons (Fsp3) is 0.211. The van der Waals surface area contributed by atoms with Crippen molar-refractivity contribution in [2.24, 2.45) is 0 Å². The fourth-order valence-electron chi connectivity index (χ4n) is 3.35. The molecule has 0 N–H and O–H groups in total. The van der Waals surface area contributed by atoms with E-state index in [0.717, 1.165) is 23.1 Å². The van der Waals surface area contributed by atoms with Gasteiger partial charge in [0.2, 0.25) is 0 Å². The van der Waals surface area contributed by atoms with Gasteiger partial charge in [0.15, 0.2) is 5.16 Å². The molecule has 0 saturated carbocycles. The van der Waals surface area contributed by atoms with Crippen LogP contribution in [0.1, 0.15) is 11.3 Å². The molecule has 152 valence electrons. The zero-order chi connectivity index (χ0) is 20.8. The summed E-state index contributed by atoms with van der Waals surface area (Å²) in [5.41, 5.74) is 2.15. The van der Waals surface area contributed by atoms with E-state index in [1.807, 2.05) is 6.20 Å². The van der Waals surface area contributed by atoms with E-state index < -0.39 is 10.9 Å². The number of aryl methyl sites for hydroxylation is 1. The van der Waals surface area contributed by atoms with Crippen molar-refractivity contribution in [3.05, 3.63) is 68.5 Å². The Labute approximate surface area is 178 Å². The van der Waals surface area contributed by atoms with Crippen molar-refractivity contribution in [1.82, 2.24) is 14.5 Å². The summed E-state index contributed by atoms with van der Waals surface area (Å²) in [6, 6.07) is 5.76. The molecule has 0 spiro atoms. The summed E-state index contributed by atoms with van der Waals surface area (Å²) in [7, 11) is 0. The van der Waals surface area contributed by atoms with Gasteiger partial charge in [-0.15, -0.1) is 11.8 Å². The molecule has 1 atom stereocenters. The number of thioether (sulfide) groups is 2. The van der Waals surface area contributed by atoms with Gasteiger partial charge in [-0.25, -0.2) is 9.78 Å². The van der Waals surface area contributed by atoms with E-state index in [1.165, 1.54) is 40.9 Å². The van der Waals surface area contributed by atoms with Crippen LogP contribution in [0, 0.1) is 10.1 Å². The van der Waals surface area contributed by atoms with E-state index in [-0.39, 0.29) is 29.3 Å². The summed E-state index contributed by atoms with van der Waals surface area (Å²) >= 11 is 3.07. The monoisotopic (exact) mass is 442 g/mol. The second-order valence-electron chi connectivity index (χ2n) is 6.76. The molecular formula is C19H14N4O5S2. The van der Waals surface area contributed by atoms with Gasteiger partial charge in [-0.05, 0) is 23.8 Å². The molecule has 1 aromatic carbocycles. The van der Waals surface area contributed by atoms with E-state index in [9.17, 15) is 19.7 Å². The van der Waals surface area contributed by atoms with Crippen LogP contribution >= 0.6 is 23.5 Å². The SMILES string of the molecule is O=C(OCc1ccc([N+](=O)[O-])cc1)C1=CS[C@@H]2/C(=C\c3cn4c(n3)SCC4)C(=O)N12. The average molecular weight is 442 g/mol. The maximum Gasteiger partial charge on any atom is 0.355 e. The number of non-ortho nitro benzene ring substituents is 1. The third-order valence-corrected chi connectivity index (χ3v) is 6.94. The second kappa shape index (κ2) is 7.33. The average Bonchev–Trinajstić information content (AvgIpc) is 3.43. The maximum atomic E-state index is 12.6. The van der Waals surface area contributed by atoms with Gasteiger partial charge in [0.05, 0.1) is 16.2 Å². The largest absolute Gasteiger partial charge is 0.456 e. The van der Waals surface area contributed by atoms with Crippen molar-refractivity contribution >= 4 is 47.2 Å². The number of benzene rings is 1. The normalized spacial score (nSPS) is 20.6. The predicted octanol–water partition coefficient (Wildman–Crippen LogP) is 2.78. The Hall–Kier alpha value is -3.05. The smallest absolute Gasteiger partial charge is 0.355 e. The summed E-state index contributed by atoms with van der Waals surface area (Å²) in [5, 5.41) is 13.0. The van der Waals surface area contributed by atoms with Gasteiger partial charge in [-0.2, -0.15) is 0 Å². The van der Waals surface area contributed by atoms with Crippen molar-refractivity contribution in [2.75, 3.05) is 5.75 Å². The lowest BCUT2D eigenvalue weighted by Crippen LogP contribution is -2.51. The molecule has 11 heteroatoms. The molecule has 1 aromatic heterocycles. The molecule has 3 aliphatic heterocycles. The molecule has 1 saturated heterocycles. The number of carbonyl (C=O) groups is 2. The number of imidazole rings is 1. The van der Waals surface area contributed by atoms with Crippen LogP contribution in [0.4, 0.5) is 5.69 Å². The lowest BCUT2D eigenvalue weighted by molar-refractivity contribution is -0.384. The molecule has 2 aromatic rings. The third kappa shape index (κ3) is 3.19. The standard InChI is InChI=1S/C19H14N4O5S2/c24-16-14(7-12-8-21-5-6-29-19(21)20-12)17-22(16)15(10-30-17)18(25)28-9-11-1-3-13(4-2-11)23(26)27/h1-4,7-8,10,17H,5-6,9H2/b14-7-/t17-/m1/s1. The minimum atomic E-state index is -0.604. The van der Waals surface area contributed by atoms with Gasteiger partial charge in [-0.3, -0.25) is 19.8 Å². The van der Waals surface area contributed by atoms with Gasteiger partial charge in [0.25, 0.3) is 11.6 Å². The number of fused-ring (bicyclic) bond motifs is 2.